The second kappa shape index (κ2) is 6.41. The van der Waals surface area contributed by atoms with Gasteiger partial charge in [0.05, 0.1) is 10.7 Å². The van der Waals surface area contributed by atoms with Gasteiger partial charge >= 0.3 is 0 Å². The number of aromatic nitrogens is 1. The maximum atomic E-state index is 12.9. The molecule has 0 saturated heterocycles. The third-order valence-corrected chi connectivity index (χ3v) is 4.12. The molecule has 0 unspecified atom stereocenters. The summed E-state index contributed by atoms with van der Waals surface area (Å²) in [5, 5.41) is 6.52. The van der Waals surface area contributed by atoms with Gasteiger partial charge in [-0.15, -0.1) is 11.3 Å². The molecule has 0 aliphatic carbocycles. The van der Waals surface area contributed by atoms with Crippen molar-refractivity contribution in [3.8, 4) is 0 Å². The molecule has 18 heavy (non-hydrogen) atoms. The molecular formula is C13H14BrFN2S. The normalized spacial score (nSPS) is 10.8. The number of nitrogens with one attached hydrogen (secondary N) is 1. The molecule has 0 aliphatic rings. The largest absolute Gasteiger partial charge is 0.312 e. The second-order valence-electron chi connectivity index (χ2n) is 4.02. The van der Waals surface area contributed by atoms with Gasteiger partial charge < -0.3 is 5.32 Å². The summed E-state index contributed by atoms with van der Waals surface area (Å²) in [5.74, 6) is -0.219. The van der Waals surface area contributed by atoms with Gasteiger partial charge in [0, 0.05) is 29.4 Å². The number of aryl methyl sites for hydroxylation is 1. The topological polar surface area (TPSA) is 24.9 Å². The first kappa shape index (κ1) is 13.6. The average molecular weight is 329 g/mol. The van der Waals surface area contributed by atoms with Crippen LogP contribution >= 0.6 is 27.3 Å². The molecule has 5 heteroatoms. The molecule has 0 fully saturated rings. The van der Waals surface area contributed by atoms with Gasteiger partial charge in [0.1, 0.15) is 5.82 Å². The number of benzene rings is 1. The van der Waals surface area contributed by atoms with E-state index in [1.165, 1.54) is 12.1 Å². The third kappa shape index (κ3) is 3.86. The van der Waals surface area contributed by atoms with Crippen molar-refractivity contribution in [2.75, 3.05) is 6.54 Å². The van der Waals surface area contributed by atoms with Crippen LogP contribution in [0, 0.1) is 12.7 Å². The molecule has 0 amide bonds. The Morgan fingerprint density at radius 3 is 2.94 bits per heavy atom. The van der Waals surface area contributed by atoms with Gasteiger partial charge in [-0.2, -0.15) is 0 Å². The summed E-state index contributed by atoms with van der Waals surface area (Å²) in [7, 11) is 0. The molecule has 1 heterocycles. The van der Waals surface area contributed by atoms with Crippen molar-refractivity contribution in [3.63, 3.8) is 0 Å². The summed E-state index contributed by atoms with van der Waals surface area (Å²) in [6, 6.07) is 4.76. The molecule has 96 valence electrons. The van der Waals surface area contributed by atoms with Gasteiger partial charge in [-0.25, -0.2) is 9.37 Å². The number of nitrogens with zero attached hydrogens (tertiary/aromatic N) is 1. The van der Waals surface area contributed by atoms with Crippen LogP contribution in [-0.4, -0.2) is 11.5 Å². The fraction of sp³-hybridized carbons (Fsp3) is 0.308. The van der Waals surface area contributed by atoms with Crippen molar-refractivity contribution in [2.24, 2.45) is 0 Å². The zero-order valence-electron chi connectivity index (χ0n) is 10.0. The molecule has 0 atom stereocenters. The number of hydrogen-bond donors (Lipinski definition) is 1. The summed E-state index contributed by atoms with van der Waals surface area (Å²) < 4.78 is 13.7. The molecular weight excluding hydrogens is 315 g/mol. The Morgan fingerprint density at radius 2 is 2.28 bits per heavy atom. The van der Waals surface area contributed by atoms with E-state index in [9.17, 15) is 4.39 Å². The molecule has 1 N–H and O–H groups in total. The lowest BCUT2D eigenvalue weighted by Crippen LogP contribution is -2.17. The number of hydrogen-bond acceptors (Lipinski definition) is 3. The first-order chi connectivity index (χ1) is 8.65. The van der Waals surface area contributed by atoms with E-state index >= 15 is 0 Å². The van der Waals surface area contributed by atoms with Crippen LogP contribution in [0.3, 0.4) is 0 Å². The minimum atomic E-state index is -0.219. The minimum absolute atomic E-state index is 0.219. The smallest absolute Gasteiger partial charge is 0.124 e. The summed E-state index contributed by atoms with van der Waals surface area (Å²) in [6.07, 6.45) is 0.920. The van der Waals surface area contributed by atoms with Crippen molar-refractivity contribution in [1.29, 1.82) is 0 Å². The zero-order chi connectivity index (χ0) is 13.0. The molecule has 1 aromatic heterocycles. The van der Waals surface area contributed by atoms with E-state index in [4.69, 9.17) is 0 Å². The van der Waals surface area contributed by atoms with Gasteiger partial charge in [-0.05, 0) is 24.6 Å². The van der Waals surface area contributed by atoms with Crippen LogP contribution < -0.4 is 5.32 Å². The highest BCUT2D eigenvalue weighted by atomic mass is 79.9. The van der Waals surface area contributed by atoms with Gasteiger partial charge in [-0.1, -0.05) is 22.0 Å². The highest BCUT2D eigenvalue weighted by Gasteiger charge is 2.02. The summed E-state index contributed by atoms with van der Waals surface area (Å²) in [6.45, 7) is 3.61. The second-order valence-corrected chi connectivity index (χ2v) is 5.94. The lowest BCUT2D eigenvalue weighted by molar-refractivity contribution is 0.623. The van der Waals surface area contributed by atoms with E-state index in [0.29, 0.717) is 0 Å². The SMILES string of the molecule is Cc1nc(CCNCc2ccc(F)cc2Br)cs1. The zero-order valence-corrected chi connectivity index (χ0v) is 12.4. The highest BCUT2D eigenvalue weighted by molar-refractivity contribution is 9.10. The average Bonchev–Trinajstić information content (AvgIpc) is 2.73. The van der Waals surface area contributed by atoms with Gasteiger partial charge in [-0.3, -0.25) is 0 Å². The summed E-state index contributed by atoms with van der Waals surface area (Å²) in [4.78, 5) is 4.40. The van der Waals surface area contributed by atoms with E-state index < -0.39 is 0 Å². The van der Waals surface area contributed by atoms with E-state index in [2.05, 4.69) is 31.6 Å². The molecule has 1 aromatic carbocycles. The van der Waals surface area contributed by atoms with E-state index in [1.807, 2.05) is 6.92 Å². The molecule has 0 bridgehead atoms. The first-order valence-corrected chi connectivity index (χ1v) is 7.38. The Morgan fingerprint density at radius 1 is 1.44 bits per heavy atom. The fourth-order valence-electron chi connectivity index (χ4n) is 1.63. The quantitative estimate of drug-likeness (QED) is 0.847. The van der Waals surface area contributed by atoms with Crippen LogP contribution in [0.5, 0.6) is 0 Å². The maximum absolute atomic E-state index is 12.9. The number of rotatable bonds is 5. The van der Waals surface area contributed by atoms with Crippen LogP contribution in [0.25, 0.3) is 0 Å². The molecule has 2 aromatic rings. The van der Waals surface area contributed by atoms with E-state index in [1.54, 1.807) is 17.4 Å². The van der Waals surface area contributed by atoms with Crippen LogP contribution in [0.2, 0.25) is 0 Å². The first-order valence-electron chi connectivity index (χ1n) is 5.71. The van der Waals surface area contributed by atoms with Crippen LogP contribution in [-0.2, 0) is 13.0 Å². The lowest BCUT2D eigenvalue weighted by Gasteiger charge is -2.06. The van der Waals surface area contributed by atoms with Crippen LogP contribution in [0.1, 0.15) is 16.3 Å². The molecule has 2 nitrogen and oxygen atoms in total. The van der Waals surface area contributed by atoms with Crippen LogP contribution in [0.4, 0.5) is 4.39 Å². The minimum Gasteiger partial charge on any atom is -0.312 e. The molecule has 0 radical (unpaired) electrons. The molecule has 0 spiro atoms. The Hall–Kier alpha value is -0.780. The van der Waals surface area contributed by atoms with Crippen LogP contribution in [0.15, 0.2) is 28.1 Å². The Kier molecular flexibility index (Phi) is 4.86. The fourth-order valence-corrected chi connectivity index (χ4v) is 2.77. The summed E-state index contributed by atoms with van der Waals surface area (Å²) >= 11 is 5.03. The highest BCUT2D eigenvalue weighted by Crippen LogP contribution is 2.17. The molecule has 0 saturated carbocycles. The van der Waals surface area contributed by atoms with Crippen molar-refractivity contribution in [2.45, 2.75) is 19.9 Å². The molecule has 2 rings (SSSR count). The Bertz CT molecular complexity index is 527. The lowest BCUT2D eigenvalue weighted by atomic mass is 10.2. The van der Waals surface area contributed by atoms with E-state index in [-0.39, 0.29) is 5.82 Å². The van der Waals surface area contributed by atoms with E-state index in [0.717, 1.165) is 40.2 Å². The monoisotopic (exact) mass is 328 g/mol. The van der Waals surface area contributed by atoms with Crippen molar-refractivity contribution in [1.82, 2.24) is 10.3 Å². The predicted octanol–water partition coefficient (Wildman–Crippen LogP) is 3.69. The predicted molar refractivity (Wildman–Crippen MR) is 76.4 cm³/mol. The third-order valence-electron chi connectivity index (χ3n) is 2.56. The van der Waals surface area contributed by atoms with Crippen molar-refractivity contribution in [3.05, 3.63) is 50.1 Å². The van der Waals surface area contributed by atoms with Crippen molar-refractivity contribution < 1.29 is 4.39 Å². The van der Waals surface area contributed by atoms with Gasteiger partial charge in [0.25, 0.3) is 0 Å². The maximum Gasteiger partial charge on any atom is 0.124 e. The number of thiazole rings is 1. The standard InChI is InChI=1S/C13H14BrFN2S/c1-9-17-12(8-18-9)4-5-16-7-10-2-3-11(15)6-13(10)14/h2-3,6,8,16H,4-5,7H2,1H3. The number of halogens is 2. The summed E-state index contributed by atoms with van der Waals surface area (Å²) in [5.41, 5.74) is 2.19. The molecule has 0 aliphatic heterocycles. The van der Waals surface area contributed by atoms with Gasteiger partial charge in [0.15, 0.2) is 0 Å². The van der Waals surface area contributed by atoms with Crippen molar-refractivity contribution >= 4 is 27.3 Å². The Balaban J connectivity index is 1.78. The Labute approximate surface area is 118 Å². The van der Waals surface area contributed by atoms with Gasteiger partial charge in [0.2, 0.25) is 0 Å².